The van der Waals surface area contributed by atoms with E-state index in [1.54, 1.807) is 16.9 Å². The fourth-order valence-electron chi connectivity index (χ4n) is 2.21. The number of carbonyl (C=O) groups is 1. The quantitative estimate of drug-likeness (QED) is 0.784. The molecule has 0 unspecified atom stereocenters. The lowest BCUT2D eigenvalue weighted by Crippen LogP contribution is -2.18. The number of aromatic nitrogens is 2. The summed E-state index contributed by atoms with van der Waals surface area (Å²) in [7, 11) is 0. The van der Waals surface area contributed by atoms with Crippen molar-refractivity contribution < 1.29 is 9.53 Å². The van der Waals surface area contributed by atoms with Gasteiger partial charge in [-0.2, -0.15) is 5.10 Å². The van der Waals surface area contributed by atoms with Crippen molar-refractivity contribution in [2.75, 3.05) is 6.61 Å². The lowest BCUT2D eigenvalue weighted by molar-refractivity contribution is 0.0470. The van der Waals surface area contributed by atoms with Gasteiger partial charge in [0.25, 0.3) is 0 Å². The first kappa shape index (κ1) is 12.9. The zero-order valence-corrected chi connectivity index (χ0v) is 11.5. The lowest BCUT2D eigenvalue weighted by atomic mass is 10.1. The molecule has 1 saturated carbocycles. The van der Waals surface area contributed by atoms with Crippen LogP contribution in [0.1, 0.15) is 41.9 Å². The third kappa shape index (κ3) is 2.74. The number of hydrogen-bond donors (Lipinski definition) is 0. The van der Waals surface area contributed by atoms with Gasteiger partial charge in [0.1, 0.15) is 5.69 Å². The van der Waals surface area contributed by atoms with Crippen LogP contribution >= 0.6 is 0 Å². The fraction of sp³-hybridized carbons (Fsp3) is 0.375. The molecular formula is C16H18N2O2. The zero-order valence-electron chi connectivity index (χ0n) is 11.5. The van der Waals surface area contributed by atoms with Crippen LogP contribution in [-0.4, -0.2) is 22.4 Å². The zero-order chi connectivity index (χ0) is 13.9. The number of nitrogens with zero attached hydrogens (tertiary/aromatic N) is 2. The van der Waals surface area contributed by atoms with Crippen molar-refractivity contribution in [2.45, 2.75) is 25.8 Å². The van der Waals surface area contributed by atoms with E-state index in [1.807, 2.05) is 37.3 Å². The Morgan fingerprint density at radius 1 is 1.35 bits per heavy atom. The predicted molar refractivity (Wildman–Crippen MR) is 75.5 cm³/mol. The molecular weight excluding hydrogens is 252 g/mol. The molecule has 0 aliphatic heterocycles. The van der Waals surface area contributed by atoms with E-state index < -0.39 is 0 Å². The third-order valence-electron chi connectivity index (χ3n) is 3.68. The normalized spacial score (nSPS) is 15.8. The van der Waals surface area contributed by atoms with Crippen molar-refractivity contribution in [2.24, 2.45) is 5.92 Å². The first-order valence-electron chi connectivity index (χ1n) is 7.01. The van der Waals surface area contributed by atoms with Crippen molar-refractivity contribution in [1.82, 2.24) is 9.78 Å². The van der Waals surface area contributed by atoms with E-state index in [2.05, 4.69) is 5.10 Å². The Hall–Kier alpha value is -2.10. The molecule has 1 aromatic carbocycles. The smallest absolute Gasteiger partial charge is 0.356 e. The summed E-state index contributed by atoms with van der Waals surface area (Å²) in [6.07, 6.45) is 3.99. The van der Waals surface area contributed by atoms with Gasteiger partial charge >= 0.3 is 5.97 Å². The Bertz CT molecular complexity index is 588. The predicted octanol–water partition coefficient (Wildman–Crippen LogP) is 3.06. The molecule has 20 heavy (non-hydrogen) atoms. The summed E-state index contributed by atoms with van der Waals surface area (Å²) in [4.78, 5) is 12.1. The van der Waals surface area contributed by atoms with Crippen LogP contribution in [0.4, 0.5) is 0 Å². The van der Waals surface area contributed by atoms with Gasteiger partial charge < -0.3 is 4.74 Å². The Labute approximate surface area is 118 Å². The highest BCUT2D eigenvalue weighted by Crippen LogP contribution is 2.29. The molecule has 2 aromatic rings. The number of esters is 1. The molecule has 1 aliphatic carbocycles. The third-order valence-corrected chi connectivity index (χ3v) is 3.68. The molecule has 1 aliphatic rings. The van der Waals surface area contributed by atoms with Crippen LogP contribution in [-0.2, 0) is 4.74 Å². The number of rotatable bonds is 5. The molecule has 0 spiro atoms. The number of ether oxygens (including phenoxy) is 1. The van der Waals surface area contributed by atoms with E-state index >= 15 is 0 Å². The van der Waals surface area contributed by atoms with Crippen LogP contribution in [0.2, 0.25) is 0 Å². The molecule has 4 nitrogen and oxygen atoms in total. The Morgan fingerprint density at radius 2 is 2.10 bits per heavy atom. The topological polar surface area (TPSA) is 44.1 Å². The SMILES string of the molecule is C[C@H](c1ccccc1)n1nccc1C(=O)OCC1CC1. The van der Waals surface area contributed by atoms with Gasteiger partial charge in [0, 0.05) is 6.20 Å². The first-order chi connectivity index (χ1) is 9.75. The first-order valence-corrected chi connectivity index (χ1v) is 7.01. The summed E-state index contributed by atoms with van der Waals surface area (Å²) in [6, 6.07) is 11.7. The molecule has 0 radical (unpaired) electrons. The second-order valence-corrected chi connectivity index (χ2v) is 5.29. The average molecular weight is 270 g/mol. The van der Waals surface area contributed by atoms with Crippen LogP contribution in [0, 0.1) is 5.92 Å². The van der Waals surface area contributed by atoms with Crippen molar-refractivity contribution >= 4 is 5.97 Å². The second kappa shape index (κ2) is 5.49. The number of hydrogen-bond acceptors (Lipinski definition) is 3. The van der Waals surface area contributed by atoms with Gasteiger partial charge in [-0.1, -0.05) is 30.3 Å². The van der Waals surface area contributed by atoms with Gasteiger partial charge in [-0.3, -0.25) is 4.68 Å². The van der Waals surface area contributed by atoms with Crippen LogP contribution in [0.15, 0.2) is 42.6 Å². The number of carbonyl (C=O) groups excluding carboxylic acids is 1. The molecule has 1 aromatic heterocycles. The molecule has 0 bridgehead atoms. The highest BCUT2D eigenvalue weighted by molar-refractivity contribution is 5.87. The van der Waals surface area contributed by atoms with Gasteiger partial charge in [0.2, 0.25) is 0 Å². The van der Waals surface area contributed by atoms with Gasteiger partial charge in [-0.25, -0.2) is 4.79 Å². The maximum atomic E-state index is 12.1. The standard InChI is InChI=1S/C16H18N2O2/c1-12(14-5-3-2-4-6-14)18-15(9-10-17-18)16(19)20-11-13-7-8-13/h2-6,9-10,12-13H,7-8,11H2,1H3/t12-/m1/s1. The minimum absolute atomic E-state index is 0.00896. The van der Waals surface area contributed by atoms with E-state index in [-0.39, 0.29) is 12.0 Å². The highest BCUT2D eigenvalue weighted by atomic mass is 16.5. The summed E-state index contributed by atoms with van der Waals surface area (Å²) >= 11 is 0. The van der Waals surface area contributed by atoms with Crippen LogP contribution in [0.25, 0.3) is 0 Å². The monoisotopic (exact) mass is 270 g/mol. The van der Waals surface area contributed by atoms with Crippen LogP contribution < -0.4 is 0 Å². The maximum absolute atomic E-state index is 12.1. The fourth-order valence-corrected chi connectivity index (χ4v) is 2.21. The maximum Gasteiger partial charge on any atom is 0.356 e. The minimum Gasteiger partial charge on any atom is -0.461 e. The van der Waals surface area contributed by atoms with E-state index in [1.165, 1.54) is 12.8 Å². The largest absolute Gasteiger partial charge is 0.461 e. The molecule has 3 rings (SSSR count). The summed E-state index contributed by atoms with van der Waals surface area (Å²) in [5, 5.41) is 4.27. The molecule has 1 heterocycles. The van der Waals surface area contributed by atoms with E-state index in [0.29, 0.717) is 18.2 Å². The summed E-state index contributed by atoms with van der Waals surface area (Å²) in [6.45, 7) is 2.56. The highest BCUT2D eigenvalue weighted by Gasteiger charge is 2.25. The molecule has 1 atom stereocenters. The van der Waals surface area contributed by atoms with Crippen molar-refractivity contribution in [1.29, 1.82) is 0 Å². The summed E-state index contributed by atoms with van der Waals surface area (Å²) in [5.41, 5.74) is 1.63. The van der Waals surface area contributed by atoms with Crippen molar-refractivity contribution in [3.63, 3.8) is 0 Å². The Morgan fingerprint density at radius 3 is 2.80 bits per heavy atom. The summed E-state index contributed by atoms with van der Waals surface area (Å²) in [5.74, 6) is 0.291. The van der Waals surface area contributed by atoms with E-state index in [0.717, 1.165) is 5.56 Å². The van der Waals surface area contributed by atoms with Crippen molar-refractivity contribution in [3.8, 4) is 0 Å². The van der Waals surface area contributed by atoms with Gasteiger partial charge in [0.05, 0.1) is 12.6 Å². The van der Waals surface area contributed by atoms with Crippen LogP contribution in [0.5, 0.6) is 0 Å². The molecule has 104 valence electrons. The molecule has 0 N–H and O–H groups in total. The average Bonchev–Trinajstić information content (AvgIpc) is 3.19. The van der Waals surface area contributed by atoms with E-state index in [4.69, 9.17) is 4.74 Å². The van der Waals surface area contributed by atoms with E-state index in [9.17, 15) is 4.79 Å². The van der Waals surface area contributed by atoms with Gasteiger partial charge in [0.15, 0.2) is 0 Å². The molecule has 4 heteroatoms. The van der Waals surface area contributed by atoms with Crippen LogP contribution in [0.3, 0.4) is 0 Å². The van der Waals surface area contributed by atoms with Gasteiger partial charge in [-0.15, -0.1) is 0 Å². The Kier molecular flexibility index (Phi) is 3.54. The molecule has 0 saturated heterocycles. The minimum atomic E-state index is -0.280. The number of benzene rings is 1. The molecule has 1 fully saturated rings. The summed E-state index contributed by atoms with van der Waals surface area (Å²) < 4.78 is 7.06. The molecule has 0 amide bonds. The Balaban J connectivity index is 1.76. The van der Waals surface area contributed by atoms with Gasteiger partial charge in [-0.05, 0) is 37.3 Å². The van der Waals surface area contributed by atoms with Crippen molar-refractivity contribution in [3.05, 3.63) is 53.9 Å². The lowest BCUT2D eigenvalue weighted by Gasteiger charge is -2.15. The second-order valence-electron chi connectivity index (χ2n) is 5.29.